The topological polar surface area (TPSA) is 107 Å². The van der Waals surface area contributed by atoms with Gasteiger partial charge in [-0.2, -0.15) is 4.98 Å². The van der Waals surface area contributed by atoms with Crippen molar-refractivity contribution in [2.45, 2.75) is 26.2 Å². The zero-order chi connectivity index (χ0) is 16.9. The van der Waals surface area contributed by atoms with Gasteiger partial charge >= 0.3 is 0 Å². The summed E-state index contributed by atoms with van der Waals surface area (Å²) in [6, 6.07) is 7.89. The molecule has 0 unspecified atom stereocenters. The number of para-hydroxylation sites is 1. The lowest BCUT2D eigenvalue weighted by atomic mass is 10.0. The lowest BCUT2D eigenvalue weighted by molar-refractivity contribution is -0.123. The van der Waals surface area contributed by atoms with Crippen LogP contribution in [0.1, 0.15) is 23.7 Å². The van der Waals surface area contributed by atoms with Crippen molar-refractivity contribution in [3.8, 4) is 0 Å². The SMILES string of the molecule is Cc1nc(C/C(N)=N/OCC(=O)N2CCCc3ccccc32)no1. The highest BCUT2D eigenvalue weighted by molar-refractivity contribution is 5.95. The second kappa shape index (κ2) is 7.12. The molecule has 0 saturated heterocycles. The number of aryl methyl sites for hydroxylation is 2. The van der Waals surface area contributed by atoms with E-state index in [-0.39, 0.29) is 24.8 Å². The van der Waals surface area contributed by atoms with Crippen LogP contribution in [0.5, 0.6) is 0 Å². The quantitative estimate of drug-likeness (QED) is 0.501. The van der Waals surface area contributed by atoms with Crippen molar-refractivity contribution in [3.63, 3.8) is 0 Å². The van der Waals surface area contributed by atoms with Crippen LogP contribution in [0.3, 0.4) is 0 Å². The fourth-order valence-corrected chi connectivity index (χ4v) is 2.65. The van der Waals surface area contributed by atoms with Crippen LogP contribution in [0.2, 0.25) is 0 Å². The Hall–Kier alpha value is -2.90. The summed E-state index contributed by atoms with van der Waals surface area (Å²) >= 11 is 0. The fraction of sp³-hybridized carbons (Fsp3) is 0.375. The minimum absolute atomic E-state index is 0.144. The molecule has 8 nitrogen and oxygen atoms in total. The standard InChI is InChI=1S/C16H19N5O3/c1-11-18-15(20-24-11)9-14(17)19-23-10-16(22)21-8-4-6-12-5-2-3-7-13(12)21/h2-3,5,7H,4,6,8-10H2,1H3,(H2,17,19). The largest absolute Gasteiger partial charge is 0.384 e. The second-order valence-electron chi connectivity index (χ2n) is 5.54. The molecule has 0 bridgehead atoms. The van der Waals surface area contributed by atoms with E-state index in [2.05, 4.69) is 15.3 Å². The molecule has 2 heterocycles. The first-order chi connectivity index (χ1) is 11.6. The molecule has 0 radical (unpaired) electrons. The van der Waals surface area contributed by atoms with Crippen LogP contribution in [0, 0.1) is 6.92 Å². The van der Waals surface area contributed by atoms with Crippen molar-refractivity contribution < 1.29 is 14.2 Å². The normalized spacial score (nSPS) is 14.4. The highest BCUT2D eigenvalue weighted by Gasteiger charge is 2.22. The van der Waals surface area contributed by atoms with Gasteiger partial charge in [-0.25, -0.2) is 0 Å². The molecule has 1 aliphatic heterocycles. The number of fused-ring (bicyclic) bond motifs is 1. The Morgan fingerprint density at radius 3 is 3.08 bits per heavy atom. The number of nitrogens with two attached hydrogens (primary N) is 1. The van der Waals surface area contributed by atoms with Gasteiger partial charge in [-0.1, -0.05) is 28.5 Å². The van der Waals surface area contributed by atoms with E-state index in [0.29, 0.717) is 18.3 Å². The smallest absolute Gasteiger partial charge is 0.267 e. The second-order valence-corrected chi connectivity index (χ2v) is 5.54. The van der Waals surface area contributed by atoms with E-state index in [0.717, 1.165) is 18.5 Å². The van der Waals surface area contributed by atoms with Gasteiger partial charge in [0.15, 0.2) is 12.4 Å². The van der Waals surface area contributed by atoms with Gasteiger partial charge in [-0.3, -0.25) is 4.79 Å². The van der Waals surface area contributed by atoms with Gasteiger partial charge < -0.3 is 20.0 Å². The Kier molecular flexibility index (Phi) is 4.74. The maximum atomic E-state index is 12.4. The Morgan fingerprint density at radius 1 is 1.46 bits per heavy atom. The zero-order valence-electron chi connectivity index (χ0n) is 13.4. The highest BCUT2D eigenvalue weighted by atomic mass is 16.6. The van der Waals surface area contributed by atoms with E-state index < -0.39 is 0 Å². The Labute approximate surface area is 139 Å². The van der Waals surface area contributed by atoms with E-state index in [1.807, 2.05) is 24.3 Å². The molecule has 0 aliphatic carbocycles. The number of amidine groups is 1. The van der Waals surface area contributed by atoms with Gasteiger partial charge in [-0.05, 0) is 24.5 Å². The summed E-state index contributed by atoms with van der Waals surface area (Å²) in [5.74, 6) is 0.919. The number of hydrogen-bond acceptors (Lipinski definition) is 6. The number of anilines is 1. The van der Waals surface area contributed by atoms with Crippen LogP contribution in [0.25, 0.3) is 0 Å². The van der Waals surface area contributed by atoms with Gasteiger partial charge in [0.2, 0.25) is 5.89 Å². The first-order valence-electron chi connectivity index (χ1n) is 7.75. The van der Waals surface area contributed by atoms with Crippen LogP contribution in [-0.4, -0.2) is 35.0 Å². The molecular weight excluding hydrogens is 310 g/mol. The lowest BCUT2D eigenvalue weighted by Gasteiger charge is -2.28. The van der Waals surface area contributed by atoms with Gasteiger partial charge in [-0.15, -0.1) is 0 Å². The highest BCUT2D eigenvalue weighted by Crippen LogP contribution is 2.26. The average Bonchev–Trinajstić information content (AvgIpc) is 2.99. The summed E-state index contributed by atoms with van der Waals surface area (Å²) in [4.78, 5) is 23.2. The third kappa shape index (κ3) is 3.70. The molecule has 0 atom stereocenters. The average molecular weight is 329 g/mol. The molecule has 0 spiro atoms. The molecule has 1 aliphatic rings. The molecular formula is C16H19N5O3. The van der Waals surface area contributed by atoms with Gasteiger partial charge in [0.05, 0.1) is 6.42 Å². The predicted octanol–water partition coefficient (Wildman–Crippen LogP) is 1.19. The lowest BCUT2D eigenvalue weighted by Crippen LogP contribution is -2.37. The minimum Gasteiger partial charge on any atom is -0.384 e. The Balaban J connectivity index is 1.55. The Morgan fingerprint density at radius 2 is 2.29 bits per heavy atom. The molecule has 2 N–H and O–H groups in total. The van der Waals surface area contributed by atoms with Gasteiger partial charge in [0.25, 0.3) is 5.91 Å². The van der Waals surface area contributed by atoms with Crippen molar-refractivity contribution in [2.24, 2.45) is 10.9 Å². The van der Waals surface area contributed by atoms with Crippen LogP contribution in [0.15, 0.2) is 33.9 Å². The molecule has 1 amide bonds. The van der Waals surface area contributed by atoms with Crippen LogP contribution >= 0.6 is 0 Å². The molecule has 24 heavy (non-hydrogen) atoms. The maximum absolute atomic E-state index is 12.4. The van der Waals surface area contributed by atoms with Crippen molar-refractivity contribution in [2.75, 3.05) is 18.1 Å². The monoisotopic (exact) mass is 329 g/mol. The summed E-state index contributed by atoms with van der Waals surface area (Å²) < 4.78 is 4.85. The number of carbonyl (C=O) groups is 1. The molecule has 8 heteroatoms. The van der Waals surface area contributed by atoms with Crippen molar-refractivity contribution in [1.82, 2.24) is 10.1 Å². The molecule has 126 valence electrons. The Bertz CT molecular complexity index is 756. The van der Waals surface area contributed by atoms with Crippen LogP contribution in [-0.2, 0) is 22.5 Å². The number of benzene rings is 1. The molecule has 0 fully saturated rings. The number of hydrogen-bond donors (Lipinski definition) is 1. The summed E-state index contributed by atoms with van der Waals surface area (Å²) in [5.41, 5.74) is 7.85. The van der Waals surface area contributed by atoms with E-state index in [1.54, 1.807) is 11.8 Å². The maximum Gasteiger partial charge on any atom is 0.267 e. The summed E-state index contributed by atoms with van der Waals surface area (Å²) in [6.07, 6.45) is 2.12. The summed E-state index contributed by atoms with van der Waals surface area (Å²) in [7, 11) is 0. The molecule has 1 aromatic heterocycles. The van der Waals surface area contributed by atoms with Crippen molar-refractivity contribution in [1.29, 1.82) is 0 Å². The van der Waals surface area contributed by atoms with Gasteiger partial charge in [0, 0.05) is 19.2 Å². The van der Waals surface area contributed by atoms with Crippen LogP contribution in [0.4, 0.5) is 5.69 Å². The predicted molar refractivity (Wildman–Crippen MR) is 87.4 cm³/mol. The van der Waals surface area contributed by atoms with E-state index in [4.69, 9.17) is 15.1 Å². The number of amides is 1. The third-order valence-corrected chi connectivity index (χ3v) is 3.69. The summed E-state index contributed by atoms with van der Waals surface area (Å²) in [6.45, 7) is 2.20. The zero-order valence-corrected chi connectivity index (χ0v) is 13.4. The molecule has 3 rings (SSSR count). The molecule has 1 aromatic carbocycles. The summed E-state index contributed by atoms with van der Waals surface area (Å²) in [5, 5.41) is 7.46. The van der Waals surface area contributed by atoms with Gasteiger partial charge in [0.1, 0.15) is 5.84 Å². The van der Waals surface area contributed by atoms with Crippen LogP contribution < -0.4 is 10.6 Å². The minimum atomic E-state index is -0.166. The number of carbonyl (C=O) groups excluding carboxylic acids is 1. The van der Waals surface area contributed by atoms with Crippen molar-refractivity contribution >= 4 is 17.4 Å². The first kappa shape index (κ1) is 16.0. The molecule has 0 saturated carbocycles. The fourth-order valence-electron chi connectivity index (χ4n) is 2.65. The number of rotatable bonds is 5. The first-order valence-corrected chi connectivity index (χ1v) is 7.75. The number of oxime groups is 1. The van der Waals surface area contributed by atoms with E-state index >= 15 is 0 Å². The third-order valence-electron chi connectivity index (χ3n) is 3.69. The van der Waals surface area contributed by atoms with Crippen molar-refractivity contribution in [3.05, 3.63) is 41.5 Å². The van der Waals surface area contributed by atoms with E-state index in [1.165, 1.54) is 5.56 Å². The number of nitrogens with zero attached hydrogens (tertiary/aromatic N) is 4. The molecule has 2 aromatic rings. The number of aromatic nitrogens is 2. The van der Waals surface area contributed by atoms with E-state index in [9.17, 15) is 4.79 Å².